The summed E-state index contributed by atoms with van der Waals surface area (Å²) in [6, 6.07) is 8.09. The fourth-order valence-electron chi connectivity index (χ4n) is 4.36. The summed E-state index contributed by atoms with van der Waals surface area (Å²) in [6.45, 7) is 4.31. The second-order valence-electron chi connectivity index (χ2n) is 8.21. The Balaban J connectivity index is 1.66. The van der Waals surface area contributed by atoms with Crippen molar-refractivity contribution in [2.75, 3.05) is 33.7 Å². The molecular formula is C21H33N3O. The fraction of sp³-hybridized carbons (Fsp3) is 0.667. The Morgan fingerprint density at radius 2 is 1.68 bits per heavy atom. The Morgan fingerprint density at radius 3 is 2.28 bits per heavy atom. The lowest BCUT2D eigenvalue weighted by Gasteiger charge is -2.41. The van der Waals surface area contributed by atoms with Crippen molar-refractivity contribution in [1.82, 2.24) is 15.1 Å². The van der Waals surface area contributed by atoms with Crippen LogP contribution in [0.3, 0.4) is 0 Å². The van der Waals surface area contributed by atoms with E-state index < -0.39 is 0 Å². The number of carbonyl (C=O) groups is 1. The van der Waals surface area contributed by atoms with Crippen LogP contribution >= 0.6 is 0 Å². The number of benzene rings is 1. The molecule has 25 heavy (non-hydrogen) atoms. The first-order valence-electron chi connectivity index (χ1n) is 9.85. The molecule has 1 aliphatic carbocycles. The molecule has 0 radical (unpaired) electrons. The predicted molar refractivity (Wildman–Crippen MR) is 103 cm³/mol. The summed E-state index contributed by atoms with van der Waals surface area (Å²) in [5.74, 6) is 0.0949. The molecule has 4 nitrogen and oxygen atoms in total. The van der Waals surface area contributed by atoms with Gasteiger partial charge < -0.3 is 15.1 Å². The number of hydrogen-bond donors (Lipinski definition) is 1. The number of amides is 1. The molecule has 1 aliphatic heterocycles. The molecular weight excluding hydrogens is 310 g/mol. The van der Waals surface area contributed by atoms with Gasteiger partial charge in [-0.05, 0) is 70.6 Å². The van der Waals surface area contributed by atoms with Crippen LogP contribution in [-0.2, 0) is 6.54 Å². The van der Waals surface area contributed by atoms with Crippen LogP contribution in [0.5, 0.6) is 0 Å². The van der Waals surface area contributed by atoms with Crippen molar-refractivity contribution < 1.29 is 4.79 Å². The van der Waals surface area contributed by atoms with Gasteiger partial charge in [-0.2, -0.15) is 0 Å². The van der Waals surface area contributed by atoms with Crippen molar-refractivity contribution in [2.45, 2.75) is 57.0 Å². The van der Waals surface area contributed by atoms with Crippen LogP contribution in [0, 0.1) is 0 Å². The minimum absolute atomic E-state index is 0.0258. The van der Waals surface area contributed by atoms with Crippen LogP contribution in [0.1, 0.15) is 60.9 Å². The maximum Gasteiger partial charge on any atom is 0.251 e. The Morgan fingerprint density at radius 1 is 1.04 bits per heavy atom. The highest BCUT2D eigenvalue weighted by molar-refractivity contribution is 5.94. The molecule has 1 saturated heterocycles. The summed E-state index contributed by atoms with van der Waals surface area (Å²) < 4.78 is 0. The zero-order valence-electron chi connectivity index (χ0n) is 15.9. The predicted octanol–water partition coefficient (Wildman–Crippen LogP) is 3.28. The molecule has 0 atom stereocenters. The van der Waals surface area contributed by atoms with Gasteiger partial charge in [-0.1, -0.05) is 31.4 Å². The van der Waals surface area contributed by atoms with Crippen LogP contribution < -0.4 is 5.32 Å². The van der Waals surface area contributed by atoms with Crippen LogP contribution in [0.4, 0.5) is 0 Å². The lowest BCUT2D eigenvalue weighted by atomic mass is 9.81. The standard InChI is InChI=1S/C21H33N3O/c1-23(2)16-18-8-10-19(11-9-18)20(25)22-21(12-4-3-5-13-21)17-24-14-6-7-15-24/h8-11H,3-7,12-17H2,1-2H3,(H,22,25). The SMILES string of the molecule is CN(C)Cc1ccc(C(=O)NC2(CN3CCCC3)CCCCC2)cc1. The van der Waals surface area contributed by atoms with Gasteiger partial charge in [0.2, 0.25) is 0 Å². The van der Waals surface area contributed by atoms with Crippen LogP contribution in [0.15, 0.2) is 24.3 Å². The molecule has 2 fully saturated rings. The van der Waals surface area contributed by atoms with E-state index in [1.807, 2.05) is 12.1 Å². The van der Waals surface area contributed by atoms with Crippen molar-refractivity contribution in [2.24, 2.45) is 0 Å². The highest BCUT2D eigenvalue weighted by Crippen LogP contribution is 2.30. The number of hydrogen-bond acceptors (Lipinski definition) is 3. The first-order valence-corrected chi connectivity index (χ1v) is 9.85. The van der Waals surface area contributed by atoms with Gasteiger partial charge in [0.15, 0.2) is 0 Å². The number of nitrogens with one attached hydrogen (secondary N) is 1. The van der Waals surface area contributed by atoms with E-state index in [1.54, 1.807) is 0 Å². The Bertz CT molecular complexity index is 555. The monoisotopic (exact) mass is 343 g/mol. The summed E-state index contributed by atoms with van der Waals surface area (Å²) in [4.78, 5) is 17.6. The normalized spacial score (nSPS) is 20.8. The average molecular weight is 344 g/mol. The highest BCUT2D eigenvalue weighted by atomic mass is 16.1. The van der Waals surface area contributed by atoms with Gasteiger partial charge in [0, 0.05) is 18.7 Å². The summed E-state index contributed by atoms with van der Waals surface area (Å²) in [5, 5.41) is 3.44. The third-order valence-corrected chi connectivity index (χ3v) is 5.63. The molecule has 4 heteroatoms. The summed E-state index contributed by atoms with van der Waals surface area (Å²) >= 11 is 0. The first kappa shape index (κ1) is 18.4. The van der Waals surface area contributed by atoms with Crippen LogP contribution in [0.2, 0.25) is 0 Å². The Labute approximate surface area is 152 Å². The van der Waals surface area contributed by atoms with Crippen molar-refractivity contribution in [3.63, 3.8) is 0 Å². The molecule has 1 amide bonds. The maximum absolute atomic E-state index is 12.9. The van der Waals surface area contributed by atoms with Crippen molar-refractivity contribution in [1.29, 1.82) is 0 Å². The second-order valence-corrected chi connectivity index (χ2v) is 8.21. The molecule has 1 saturated carbocycles. The molecule has 3 rings (SSSR count). The highest BCUT2D eigenvalue weighted by Gasteiger charge is 2.36. The molecule has 1 aromatic carbocycles. The number of carbonyl (C=O) groups excluding carboxylic acids is 1. The van der Waals surface area contributed by atoms with E-state index in [4.69, 9.17) is 0 Å². The zero-order valence-corrected chi connectivity index (χ0v) is 15.9. The van der Waals surface area contributed by atoms with E-state index in [9.17, 15) is 4.79 Å². The Kier molecular flexibility index (Phi) is 6.13. The van der Waals surface area contributed by atoms with Gasteiger partial charge in [-0.15, -0.1) is 0 Å². The van der Waals surface area contributed by atoms with Crippen LogP contribution in [0.25, 0.3) is 0 Å². The summed E-state index contributed by atoms with van der Waals surface area (Å²) in [7, 11) is 4.12. The van der Waals surface area contributed by atoms with Gasteiger partial charge >= 0.3 is 0 Å². The Hall–Kier alpha value is -1.39. The topological polar surface area (TPSA) is 35.6 Å². The second kappa shape index (κ2) is 8.33. The van der Waals surface area contributed by atoms with E-state index in [0.29, 0.717) is 0 Å². The van der Waals surface area contributed by atoms with Gasteiger partial charge in [-0.25, -0.2) is 0 Å². The molecule has 138 valence electrons. The number of likely N-dealkylation sites (tertiary alicyclic amines) is 1. The van der Waals surface area contributed by atoms with Gasteiger partial charge in [0.05, 0.1) is 5.54 Å². The number of nitrogens with zero attached hydrogens (tertiary/aromatic N) is 2. The van der Waals surface area contributed by atoms with Gasteiger partial charge in [-0.3, -0.25) is 4.79 Å². The lowest BCUT2D eigenvalue weighted by molar-refractivity contribution is 0.0822. The molecule has 1 N–H and O–H groups in total. The van der Waals surface area contributed by atoms with E-state index in [1.165, 1.54) is 50.8 Å². The van der Waals surface area contributed by atoms with E-state index in [0.717, 1.165) is 31.5 Å². The van der Waals surface area contributed by atoms with E-state index in [-0.39, 0.29) is 11.4 Å². The van der Waals surface area contributed by atoms with E-state index in [2.05, 4.69) is 41.3 Å². The summed E-state index contributed by atoms with van der Waals surface area (Å²) in [6.07, 6.45) is 8.61. The lowest BCUT2D eigenvalue weighted by Crippen LogP contribution is -2.56. The fourth-order valence-corrected chi connectivity index (χ4v) is 4.36. The van der Waals surface area contributed by atoms with E-state index >= 15 is 0 Å². The molecule has 1 aromatic rings. The smallest absolute Gasteiger partial charge is 0.251 e. The van der Waals surface area contributed by atoms with Crippen LogP contribution in [-0.4, -0.2) is 55.0 Å². The minimum atomic E-state index is -0.0258. The third-order valence-electron chi connectivity index (χ3n) is 5.63. The maximum atomic E-state index is 12.9. The zero-order chi connectivity index (χ0) is 17.7. The van der Waals surface area contributed by atoms with Crippen molar-refractivity contribution in [3.05, 3.63) is 35.4 Å². The number of rotatable bonds is 6. The molecule has 0 unspecified atom stereocenters. The molecule has 0 aromatic heterocycles. The van der Waals surface area contributed by atoms with Gasteiger partial charge in [0.1, 0.15) is 0 Å². The minimum Gasteiger partial charge on any atom is -0.345 e. The third kappa shape index (κ3) is 5.05. The van der Waals surface area contributed by atoms with Crippen molar-refractivity contribution in [3.8, 4) is 0 Å². The quantitative estimate of drug-likeness (QED) is 0.861. The molecule has 0 bridgehead atoms. The van der Waals surface area contributed by atoms with Gasteiger partial charge in [0.25, 0.3) is 5.91 Å². The average Bonchev–Trinajstić information content (AvgIpc) is 3.08. The molecule has 0 spiro atoms. The molecule has 1 heterocycles. The largest absolute Gasteiger partial charge is 0.345 e. The molecule has 2 aliphatic rings. The summed E-state index contributed by atoms with van der Waals surface area (Å²) in [5.41, 5.74) is 2.00. The first-order chi connectivity index (χ1) is 12.1. The van der Waals surface area contributed by atoms with Crippen molar-refractivity contribution >= 4 is 5.91 Å².